The molecule has 1 aliphatic rings. The lowest BCUT2D eigenvalue weighted by atomic mass is 9.96. The van der Waals surface area contributed by atoms with Crippen LogP contribution in [0.3, 0.4) is 0 Å². The molecule has 1 amide bonds. The van der Waals surface area contributed by atoms with Gasteiger partial charge < -0.3 is 14.7 Å². The monoisotopic (exact) mass is 357 g/mol. The third-order valence-electron chi connectivity index (χ3n) is 5.12. The topological polar surface area (TPSA) is 67.6 Å². The van der Waals surface area contributed by atoms with E-state index in [1.807, 2.05) is 25.1 Å². The van der Waals surface area contributed by atoms with Crippen LogP contribution >= 0.6 is 0 Å². The van der Waals surface area contributed by atoms with E-state index in [1.165, 1.54) is 11.1 Å². The van der Waals surface area contributed by atoms with Crippen LogP contribution in [0, 0.1) is 13.8 Å². The second-order valence-corrected chi connectivity index (χ2v) is 7.28. The van der Waals surface area contributed by atoms with Crippen LogP contribution in [0.4, 0.5) is 0 Å². The number of rotatable bonds is 4. The summed E-state index contributed by atoms with van der Waals surface area (Å²) in [7, 11) is 1.79. The van der Waals surface area contributed by atoms with Crippen LogP contribution < -0.4 is 4.74 Å². The molecule has 1 N–H and O–H groups in total. The van der Waals surface area contributed by atoms with Gasteiger partial charge in [-0.3, -0.25) is 9.48 Å². The fourth-order valence-electron chi connectivity index (χ4n) is 3.24. The summed E-state index contributed by atoms with van der Waals surface area (Å²) in [5.74, 6) is 0.692. The van der Waals surface area contributed by atoms with E-state index in [-0.39, 0.29) is 12.5 Å². The Balaban J connectivity index is 1.59. The van der Waals surface area contributed by atoms with E-state index in [0.717, 1.165) is 12.2 Å². The molecule has 1 unspecified atom stereocenters. The number of ether oxygens (including phenoxy) is 1. The van der Waals surface area contributed by atoms with Gasteiger partial charge in [0.05, 0.1) is 0 Å². The van der Waals surface area contributed by atoms with Crippen molar-refractivity contribution in [3.63, 3.8) is 0 Å². The fourth-order valence-corrected chi connectivity index (χ4v) is 3.24. The summed E-state index contributed by atoms with van der Waals surface area (Å²) < 4.78 is 7.48. The molecule has 0 radical (unpaired) electrons. The summed E-state index contributed by atoms with van der Waals surface area (Å²) in [5, 5.41) is 15.1. The first-order valence-corrected chi connectivity index (χ1v) is 9.08. The Morgan fingerprint density at radius 1 is 1.23 bits per heavy atom. The summed E-state index contributed by atoms with van der Waals surface area (Å²) in [6.07, 6.45) is 3.62. The van der Waals surface area contributed by atoms with E-state index >= 15 is 0 Å². The van der Waals surface area contributed by atoms with Crippen LogP contribution in [0.15, 0.2) is 30.5 Å². The number of hydrogen-bond donors (Lipinski definition) is 1. The first-order valence-electron chi connectivity index (χ1n) is 9.08. The maximum atomic E-state index is 12.6. The van der Waals surface area contributed by atoms with Crippen molar-refractivity contribution in [1.29, 1.82) is 0 Å². The fraction of sp³-hybridized carbons (Fsp3) is 0.500. The molecule has 0 spiro atoms. The lowest BCUT2D eigenvalue weighted by Gasteiger charge is -2.27. The molecule has 1 atom stereocenters. The normalized spacial score (nSPS) is 20.7. The highest BCUT2D eigenvalue weighted by molar-refractivity contribution is 5.92. The lowest BCUT2D eigenvalue weighted by Crippen LogP contribution is -2.38. The number of likely N-dealkylation sites (tertiary alicyclic amines) is 1. The summed E-state index contributed by atoms with van der Waals surface area (Å²) in [5.41, 5.74) is 1.92. The highest BCUT2D eigenvalue weighted by Gasteiger charge is 2.33. The van der Waals surface area contributed by atoms with Gasteiger partial charge in [-0.25, -0.2) is 0 Å². The molecular formula is C20H27N3O3. The van der Waals surface area contributed by atoms with Gasteiger partial charge in [0.2, 0.25) is 0 Å². The molecule has 1 aromatic carbocycles. The van der Waals surface area contributed by atoms with Crippen molar-refractivity contribution in [2.24, 2.45) is 7.05 Å². The first kappa shape index (κ1) is 18.5. The number of carbonyl (C=O) groups excluding carboxylic acids is 1. The molecule has 0 aliphatic carbocycles. The van der Waals surface area contributed by atoms with Crippen molar-refractivity contribution in [2.45, 2.75) is 38.7 Å². The Morgan fingerprint density at radius 3 is 2.73 bits per heavy atom. The molecule has 0 bridgehead atoms. The van der Waals surface area contributed by atoms with Gasteiger partial charge in [0.15, 0.2) is 0 Å². The van der Waals surface area contributed by atoms with E-state index in [1.54, 1.807) is 28.9 Å². The third kappa shape index (κ3) is 4.25. The molecule has 2 aromatic rings. The number of carbonyl (C=O) groups is 1. The van der Waals surface area contributed by atoms with Crippen LogP contribution in [0.1, 0.15) is 40.9 Å². The summed E-state index contributed by atoms with van der Waals surface area (Å²) in [6, 6.07) is 7.67. The van der Waals surface area contributed by atoms with E-state index in [9.17, 15) is 9.90 Å². The molecule has 1 fully saturated rings. The Morgan fingerprint density at radius 2 is 2.04 bits per heavy atom. The van der Waals surface area contributed by atoms with Crippen LogP contribution in [-0.4, -0.2) is 51.0 Å². The molecule has 1 saturated heterocycles. The van der Waals surface area contributed by atoms with Gasteiger partial charge in [0.25, 0.3) is 5.91 Å². The van der Waals surface area contributed by atoms with Gasteiger partial charge in [-0.2, -0.15) is 5.10 Å². The zero-order valence-corrected chi connectivity index (χ0v) is 15.7. The van der Waals surface area contributed by atoms with Crippen molar-refractivity contribution in [2.75, 3.05) is 19.7 Å². The molecule has 2 heterocycles. The number of aliphatic hydroxyl groups is 1. The number of nitrogens with zero attached hydrogens (tertiary/aromatic N) is 3. The Hall–Kier alpha value is -2.34. The van der Waals surface area contributed by atoms with Gasteiger partial charge in [-0.1, -0.05) is 6.07 Å². The Labute approximate surface area is 154 Å². The maximum absolute atomic E-state index is 12.6. The van der Waals surface area contributed by atoms with E-state index in [4.69, 9.17) is 4.74 Å². The lowest BCUT2D eigenvalue weighted by molar-refractivity contribution is -0.0163. The third-order valence-corrected chi connectivity index (χ3v) is 5.12. The molecule has 6 heteroatoms. The molecule has 1 aliphatic heterocycles. The van der Waals surface area contributed by atoms with Gasteiger partial charge >= 0.3 is 0 Å². The minimum Gasteiger partial charge on any atom is -0.491 e. The minimum absolute atomic E-state index is 0.0788. The highest BCUT2D eigenvalue weighted by Crippen LogP contribution is 2.25. The van der Waals surface area contributed by atoms with E-state index < -0.39 is 5.60 Å². The average molecular weight is 357 g/mol. The smallest absolute Gasteiger partial charge is 0.274 e. The number of benzene rings is 1. The second kappa shape index (κ2) is 7.50. The van der Waals surface area contributed by atoms with Crippen molar-refractivity contribution in [3.8, 4) is 5.75 Å². The predicted octanol–water partition coefficient (Wildman–Crippen LogP) is 2.47. The zero-order valence-electron chi connectivity index (χ0n) is 15.7. The van der Waals surface area contributed by atoms with Crippen molar-refractivity contribution >= 4 is 5.91 Å². The number of amides is 1. The van der Waals surface area contributed by atoms with Crippen LogP contribution in [-0.2, 0) is 7.05 Å². The number of aryl methyl sites for hydroxylation is 3. The SMILES string of the molecule is Cc1ccc(OCC2(O)CCCN(C(=O)c3ccn(C)n3)CC2)cc1C. The summed E-state index contributed by atoms with van der Waals surface area (Å²) >= 11 is 0. The van der Waals surface area contributed by atoms with Gasteiger partial charge in [-0.05, 0) is 62.4 Å². The molecular weight excluding hydrogens is 330 g/mol. The summed E-state index contributed by atoms with van der Waals surface area (Å²) in [6.45, 7) is 5.47. The number of hydrogen-bond acceptors (Lipinski definition) is 4. The van der Waals surface area contributed by atoms with Gasteiger partial charge in [-0.15, -0.1) is 0 Å². The largest absolute Gasteiger partial charge is 0.491 e. The first-order chi connectivity index (χ1) is 12.4. The average Bonchev–Trinajstić information content (AvgIpc) is 2.95. The zero-order chi connectivity index (χ0) is 18.7. The van der Waals surface area contributed by atoms with Crippen LogP contribution in [0.25, 0.3) is 0 Å². The minimum atomic E-state index is -0.919. The van der Waals surface area contributed by atoms with Crippen molar-refractivity contribution in [1.82, 2.24) is 14.7 Å². The molecule has 1 aromatic heterocycles. The Kier molecular flexibility index (Phi) is 5.32. The standard InChI is InChI=1S/C20H27N3O3/c1-15-5-6-17(13-16(15)2)26-14-20(25)8-4-10-23(12-9-20)19(24)18-7-11-22(3)21-18/h5-7,11,13,25H,4,8-10,12,14H2,1-3H3. The second-order valence-electron chi connectivity index (χ2n) is 7.28. The van der Waals surface area contributed by atoms with E-state index in [2.05, 4.69) is 12.0 Å². The molecule has 3 rings (SSSR count). The predicted molar refractivity (Wildman–Crippen MR) is 99.3 cm³/mol. The molecule has 6 nitrogen and oxygen atoms in total. The Bertz CT molecular complexity index is 786. The van der Waals surface area contributed by atoms with Crippen LogP contribution in [0.2, 0.25) is 0 Å². The van der Waals surface area contributed by atoms with Crippen LogP contribution in [0.5, 0.6) is 5.75 Å². The highest BCUT2D eigenvalue weighted by atomic mass is 16.5. The quantitative estimate of drug-likeness (QED) is 0.913. The number of aromatic nitrogens is 2. The van der Waals surface area contributed by atoms with Crippen molar-refractivity contribution < 1.29 is 14.6 Å². The van der Waals surface area contributed by atoms with Gasteiger partial charge in [0, 0.05) is 26.3 Å². The van der Waals surface area contributed by atoms with Gasteiger partial charge in [0.1, 0.15) is 23.7 Å². The van der Waals surface area contributed by atoms with Crippen molar-refractivity contribution in [3.05, 3.63) is 47.3 Å². The molecule has 26 heavy (non-hydrogen) atoms. The van der Waals surface area contributed by atoms with E-state index in [0.29, 0.717) is 31.6 Å². The summed E-state index contributed by atoms with van der Waals surface area (Å²) in [4.78, 5) is 14.3. The molecule has 0 saturated carbocycles. The molecule has 140 valence electrons. The maximum Gasteiger partial charge on any atom is 0.274 e.